The van der Waals surface area contributed by atoms with Crippen LogP contribution in [0.4, 0.5) is 17.5 Å². The zero-order chi connectivity index (χ0) is 32.7. The van der Waals surface area contributed by atoms with Gasteiger partial charge in [0, 0.05) is 38.1 Å². The summed E-state index contributed by atoms with van der Waals surface area (Å²) in [6.45, 7) is 4.51. The molecule has 0 bridgehead atoms. The van der Waals surface area contributed by atoms with Crippen molar-refractivity contribution in [1.82, 2.24) is 14.5 Å². The molecule has 0 saturated heterocycles. The first-order valence-electron chi connectivity index (χ1n) is 13.8. The Balaban J connectivity index is 1.61. The van der Waals surface area contributed by atoms with Gasteiger partial charge in [-0.05, 0) is 24.6 Å². The van der Waals surface area contributed by atoms with Crippen LogP contribution in [0.1, 0.15) is 45.6 Å². The summed E-state index contributed by atoms with van der Waals surface area (Å²) in [4.78, 5) is 44.0. The maximum atomic E-state index is 12.2. The van der Waals surface area contributed by atoms with Gasteiger partial charge in [-0.1, -0.05) is 30.7 Å². The number of nitro benzene ring substituents is 1. The van der Waals surface area contributed by atoms with E-state index < -0.39 is 22.5 Å². The van der Waals surface area contributed by atoms with E-state index in [-0.39, 0.29) is 35.1 Å². The largest absolute Gasteiger partial charge is 0.492 e. The number of nitro groups is 1. The summed E-state index contributed by atoms with van der Waals surface area (Å²) in [6, 6.07) is 5.38. The highest BCUT2D eigenvalue weighted by atomic mass is 35.5. The Morgan fingerprint density at radius 2 is 1.84 bits per heavy atom. The average molecular weight is 642 g/mol. The molecule has 2 heterocycles. The van der Waals surface area contributed by atoms with Crippen molar-refractivity contribution < 1.29 is 33.1 Å². The Bertz CT molecular complexity index is 1770. The molecule has 2 aromatic heterocycles. The Morgan fingerprint density at radius 3 is 2.49 bits per heavy atom. The van der Waals surface area contributed by atoms with Crippen molar-refractivity contribution in [3.63, 3.8) is 0 Å². The van der Waals surface area contributed by atoms with Crippen LogP contribution < -0.4 is 26.3 Å². The number of methoxy groups -OCH3 is 1. The predicted molar refractivity (Wildman–Crippen MR) is 165 cm³/mol. The molecule has 0 unspecified atom stereocenters. The summed E-state index contributed by atoms with van der Waals surface area (Å²) in [6.07, 6.45) is 4.58. The van der Waals surface area contributed by atoms with E-state index in [0.29, 0.717) is 60.4 Å². The van der Waals surface area contributed by atoms with Crippen LogP contribution in [-0.4, -0.2) is 58.2 Å². The summed E-state index contributed by atoms with van der Waals surface area (Å²) in [5.74, 6) is 0.173. The van der Waals surface area contributed by atoms with Crippen molar-refractivity contribution in [3.05, 3.63) is 74.3 Å². The number of carbonyl (C=O) groups excluding carboxylic acids is 2. The minimum Gasteiger partial charge on any atom is -0.492 e. The van der Waals surface area contributed by atoms with Gasteiger partial charge >= 0.3 is 5.97 Å². The van der Waals surface area contributed by atoms with E-state index in [0.717, 1.165) is 18.9 Å². The number of anilines is 2. The standard InChI is InChI=1S/C29H32ClN7O8/c1-4-19-27(45-16(2)33-19)35-29-34-20-12-17(26(32)38)14-23(25(20)36(29)9-6-5-8-31)44-11-7-10-43-22-15-18(28(39)42-3)13-21(24(22)30)37(40)41/h5-6,12-15H,4,7-11,31H2,1-3H3,(H2,32,38)(H,34,35)/b6-5+. The van der Waals surface area contributed by atoms with Crippen molar-refractivity contribution in [2.45, 2.75) is 33.2 Å². The van der Waals surface area contributed by atoms with Crippen molar-refractivity contribution in [2.75, 3.05) is 32.2 Å². The highest BCUT2D eigenvalue weighted by Gasteiger charge is 2.23. The molecular formula is C29H32ClN7O8. The Labute approximate surface area is 262 Å². The number of fused-ring (bicyclic) bond motifs is 1. The number of nitrogens with two attached hydrogens (primary N) is 2. The van der Waals surface area contributed by atoms with Crippen LogP contribution in [0.25, 0.3) is 11.0 Å². The smallest absolute Gasteiger partial charge is 0.338 e. The summed E-state index contributed by atoms with van der Waals surface area (Å²) < 4.78 is 24.0. The highest BCUT2D eigenvalue weighted by molar-refractivity contribution is 6.34. The molecule has 0 fully saturated rings. The second-order valence-corrected chi connectivity index (χ2v) is 9.93. The van der Waals surface area contributed by atoms with Crippen LogP contribution in [0, 0.1) is 17.0 Å². The Kier molecular flexibility index (Phi) is 10.6. The molecule has 238 valence electrons. The first-order chi connectivity index (χ1) is 21.6. The number of hydrogen-bond acceptors (Lipinski definition) is 12. The molecule has 0 saturated carbocycles. The summed E-state index contributed by atoms with van der Waals surface area (Å²) in [7, 11) is 1.15. The fourth-order valence-corrected chi connectivity index (χ4v) is 4.65. The van der Waals surface area contributed by atoms with Crippen LogP contribution >= 0.6 is 11.6 Å². The molecule has 5 N–H and O–H groups in total. The number of nitrogens with zero attached hydrogens (tertiary/aromatic N) is 4. The number of aryl methyl sites for hydroxylation is 2. The first kappa shape index (κ1) is 32.8. The van der Waals surface area contributed by atoms with Gasteiger partial charge in [0.1, 0.15) is 22.7 Å². The molecule has 4 rings (SSSR count). The number of ether oxygens (including phenoxy) is 3. The minimum atomic E-state index is -0.780. The maximum Gasteiger partial charge on any atom is 0.338 e. The minimum absolute atomic E-state index is 0.0239. The Hall–Kier alpha value is -5.15. The van der Waals surface area contributed by atoms with Gasteiger partial charge in [0.2, 0.25) is 17.7 Å². The molecule has 0 spiro atoms. The number of allylic oxidation sites excluding steroid dienone is 1. The van der Waals surface area contributed by atoms with E-state index in [4.69, 9.17) is 41.9 Å². The lowest BCUT2D eigenvalue weighted by Gasteiger charge is -2.13. The van der Waals surface area contributed by atoms with Crippen LogP contribution in [0.3, 0.4) is 0 Å². The van der Waals surface area contributed by atoms with Gasteiger partial charge in [0.05, 0.1) is 36.3 Å². The third kappa shape index (κ3) is 7.50. The van der Waals surface area contributed by atoms with Crippen LogP contribution in [-0.2, 0) is 17.7 Å². The molecule has 4 aromatic rings. The van der Waals surface area contributed by atoms with Crippen molar-refractivity contribution in [2.24, 2.45) is 11.5 Å². The molecule has 0 aliphatic rings. The lowest BCUT2D eigenvalue weighted by molar-refractivity contribution is -0.384. The number of primary amides is 1. The summed E-state index contributed by atoms with van der Waals surface area (Å²) >= 11 is 6.16. The van der Waals surface area contributed by atoms with Gasteiger partial charge < -0.3 is 34.7 Å². The normalized spacial score (nSPS) is 11.2. The van der Waals surface area contributed by atoms with E-state index in [1.807, 2.05) is 17.6 Å². The zero-order valence-electron chi connectivity index (χ0n) is 24.8. The van der Waals surface area contributed by atoms with Gasteiger partial charge in [-0.25, -0.2) is 14.8 Å². The van der Waals surface area contributed by atoms with Crippen LogP contribution in [0.15, 0.2) is 40.8 Å². The number of esters is 1. The number of carbonyl (C=O) groups is 2. The van der Waals surface area contributed by atoms with E-state index in [2.05, 4.69) is 15.0 Å². The monoisotopic (exact) mass is 641 g/mol. The first-order valence-corrected chi connectivity index (χ1v) is 14.2. The molecular weight excluding hydrogens is 610 g/mol. The molecule has 15 nitrogen and oxygen atoms in total. The number of hydrogen-bond donors (Lipinski definition) is 3. The van der Waals surface area contributed by atoms with Gasteiger partial charge in [-0.2, -0.15) is 0 Å². The van der Waals surface area contributed by atoms with E-state index in [1.54, 1.807) is 19.1 Å². The molecule has 0 aliphatic heterocycles. The Morgan fingerprint density at radius 1 is 1.13 bits per heavy atom. The summed E-state index contributed by atoms with van der Waals surface area (Å²) in [5.41, 5.74) is 12.6. The third-order valence-corrected chi connectivity index (χ3v) is 6.87. The molecule has 2 aromatic carbocycles. The number of halogens is 1. The van der Waals surface area contributed by atoms with Gasteiger partial charge in [-0.15, -0.1) is 0 Å². The molecule has 16 heteroatoms. The third-order valence-electron chi connectivity index (χ3n) is 6.49. The zero-order valence-corrected chi connectivity index (χ0v) is 25.6. The lowest BCUT2D eigenvalue weighted by Crippen LogP contribution is -2.12. The van der Waals surface area contributed by atoms with Crippen LogP contribution in [0.2, 0.25) is 5.02 Å². The van der Waals surface area contributed by atoms with E-state index in [9.17, 15) is 19.7 Å². The summed E-state index contributed by atoms with van der Waals surface area (Å²) in [5, 5.41) is 14.4. The number of benzene rings is 2. The van der Waals surface area contributed by atoms with Gasteiger partial charge in [0.25, 0.3) is 5.69 Å². The van der Waals surface area contributed by atoms with Crippen LogP contribution in [0.5, 0.6) is 11.5 Å². The van der Waals surface area contributed by atoms with Gasteiger partial charge in [-0.3, -0.25) is 20.2 Å². The number of oxazole rings is 1. The van der Waals surface area contributed by atoms with Gasteiger partial charge in [0.15, 0.2) is 10.9 Å². The van der Waals surface area contributed by atoms with E-state index in [1.165, 1.54) is 12.1 Å². The lowest BCUT2D eigenvalue weighted by atomic mass is 10.1. The molecule has 45 heavy (non-hydrogen) atoms. The van der Waals surface area contributed by atoms with Crippen molar-refractivity contribution in [1.29, 1.82) is 0 Å². The fraction of sp³-hybridized carbons (Fsp3) is 0.310. The number of amides is 1. The average Bonchev–Trinajstić information content (AvgIpc) is 3.55. The van der Waals surface area contributed by atoms with E-state index >= 15 is 0 Å². The highest BCUT2D eigenvalue weighted by Crippen LogP contribution is 2.36. The second-order valence-electron chi connectivity index (χ2n) is 9.55. The predicted octanol–water partition coefficient (Wildman–Crippen LogP) is 4.45. The number of nitrogens with one attached hydrogen (secondary N) is 1. The SMILES string of the molecule is CCc1nc(C)oc1Nc1nc2cc(C(N)=O)cc(OCCCOc3cc(C(=O)OC)cc([N+](=O)[O-])c3Cl)c2n1C/C=C/CN. The van der Waals surface area contributed by atoms with Crippen molar-refractivity contribution >= 4 is 52.0 Å². The molecule has 0 atom stereocenters. The molecule has 1 amide bonds. The number of aromatic nitrogens is 3. The topological polar surface area (TPSA) is 213 Å². The quantitative estimate of drug-likeness (QED) is 0.0540. The molecule has 0 aliphatic carbocycles. The second kappa shape index (κ2) is 14.5. The number of rotatable bonds is 15. The fourth-order valence-electron chi connectivity index (χ4n) is 4.42. The maximum absolute atomic E-state index is 12.2. The number of imidazole rings is 1. The molecule has 0 radical (unpaired) electrons. The van der Waals surface area contributed by atoms with Crippen molar-refractivity contribution in [3.8, 4) is 11.5 Å².